The van der Waals surface area contributed by atoms with E-state index in [4.69, 9.17) is 11.6 Å². The first kappa shape index (κ1) is 10.7. The van der Waals surface area contributed by atoms with Crippen LogP contribution in [0.1, 0.15) is 12.2 Å². The average molecular weight is 213 g/mol. The van der Waals surface area contributed by atoms with E-state index in [1.807, 2.05) is 0 Å². The summed E-state index contributed by atoms with van der Waals surface area (Å²) in [5.41, 5.74) is 0. The van der Waals surface area contributed by atoms with Crippen molar-refractivity contribution >= 4 is 23.6 Å². The molecule has 0 bridgehead atoms. The fourth-order valence-corrected chi connectivity index (χ4v) is 0.850. The maximum atomic E-state index is 10.7. The second-order valence-corrected chi connectivity index (χ2v) is 2.88. The van der Waals surface area contributed by atoms with Gasteiger partial charge >= 0.3 is 5.97 Å². The van der Waals surface area contributed by atoms with Crippen LogP contribution in [0.5, 0.6) is 0 Å². The van der Waals surface area contributed by atoms with Gasteiger partial charge in [0, 0.05) is 12.4 Å². The molecular weight excluding hydrogens is 204 g/mol. The first-order chi connectivity index (χ1) is 6.72. The molecule has 0 unspecified atom stereocenters. The van der Waals surface area contributed by atoms with Gasteiger partial charge in [-0.15, -0.1) is 0 Å². The molecule has 1 heterocycles. The Balaban J connectivity index is 2.52. The lowest BCUT2D eigenvalue weighted by atomic mass is 10.3. The zero-order valence-corrected chi connectivity index (χ0v) is 8.36. The SMILES string of the molecule is COC(=O)CC=Cc1ncc(Cl)cn1. The molecule has 0 saturated carbocycles. The summed E-state index contributed by atoms with van der Waals surface area (Å²) in [6.45, 7) is 0. The summed E-state index contributed by atoms with van der Waals surface area (Å²) in [4.78, 5) is 18.6. The number of aromatic nitrogens is 2. The molecule has 1 aromatic heterocycles. The van der Waals surface area contributed by atoms with Crippen molar-refractivity contribution in [1.29, 1.82) is 0 Å². The molecule has 5 heteroatoms. The predicted molar refractivity (Wildman–Crippen MR) is 52.7 cm³/mol. The molecule has 74 valence electrons. The smallest absolute Gasteiger partial charge is 0.309 e. The summed E-state index contributed by atoms with van der Waals surface area (Å²) in [7, 11) is 1.34. The van der Waals surface area contributed by atoms with Crippen LogP contribution < -0.4 is 0 Å². The van der Waals surface area contributed by atoms with Crippen molar-refractivity contribution in [2.45, 2.75) is 6.42 Å². The second-order valence-electron chi connectivity index (χ2n) is 2.44. The monoisotopic (exact) mass is 212 g/mol. The Bertz CT molecular complexity index is 335. The van der Waals surface area contributed by atoms with E-state index in [9.17, 15) is 4.79 Å². The molecule has 1 rings (SSSR count). The van der Waals surface area contributed by atoms with Crippen LogP contribution in [0.15, 0.2) is 18.5 Å². The number of nitrogens with zero attached hydrogens (tertiary/aromatic N) is 2. The van der Waals surface area contributed by atoms with E-state index in [0.717, 1.165) is 0 Å². The Morgan fingerprint density at radius 2 is 2.21 bits per heavy atom. The minimum absolute atomic E-state index is 0.211. The van der Waals surface area contributed by atoms with E-state index >= 15 is 0 Å². The number of hydrogen-bond donors (Lipinski definition) is 0. The van der Waals surface area contributed by atoms with E-state index in [0.29, 0.717) is 10.8 Å². The van der Waals surface area contributed by atoms with Gasteiger partial charge in [0.15, 0.2) is 5.82 Å². The standard InChI is InChI=1S/C9H9ClN2O2/c1-14-9(13)4-2-3-8-11-5-7(10)6-12-8/h2-3,5-6H,4H2,1H3. The molecule has 0 aromatic carbocycles. The molecule has 0 aliphatic heterocycles. The van der Waals surface area contributed by atoms with Crippen LogP contribution in [-0.4, -0.2) is 23.0 Å². The molecule has 14 heavy (non-hydrogen) atoms. The van der Waals surface area contributed by atoms with Crippen molar-refractivity contribution in [1.82, 2.24) is 9.97 Å². The van der Waals surface area contributed by atoms with Crippen LogP contribution in [-0.2, 0) is 9.53 Å². The second kappa shape index (κ2) is 5.34. The third-order valence-corrected chi connectivity index (χ3v) is 1.61. The number of rotatable bonds is 3. The number of ether oxygens (including phenoxy) is 1. The number of carbonyl (C=O) groups is 1. The molecule has 0 saturated heterocycles. The van der Waals surface area contributed by atoms with Gasteiger partial charge in [-0.25, -0.2) is 9.97 Å². The van der Waals surface area contributed by atoms with Crippen LogP contribution in [0.3, 0.4) is 0 Å². The van der Waals surface area contributed by atoms with Crippen LogP contribution in [0, 0.1) is 0 Å². The normalized spacial score (nSPS) is 10.4. The minimum atomic E-state index is -0.296. The highest BCUT2D eigenvalue weighted by Gasteiger charge is 1.95. The fraction of sp³-hybridized carbons (Fsp3) is 0.222. The first-order valence-corrected chi connectivity index (χ1v) is 4.31. The van der Waals surface area contributed by atoms with Crippen molar-refractivity contribution in [2.75, 3.05) is 7.11 Å². The molecule has 0 aliphatic carbocycles. The van der Waals surface area contributed by atoms with E-state index in [-0.39, 0.29) is 12.4 Å². The van der Waals surface area contributed by atoms with E-state index < -0.39 is 0 Å². The molecule has 0 amide bonds. The molecule has 0 aliphatic rings. The Labute approximate surface area is 86.6 Å². The van der Waals surface area contributed by atoms with Crippen LogP contribution in [0.4, 0.5) is 0 Å². The summed E-state index contributed by atoms with van der Waals surface area (Å²) in [6, 6.07) is 0. The molecule has 0 atom stereocenters. The third kappa shape index (κ3) is 3.53. The Morgan fingerprint density at radius 1 is 1.57 bits per heavy atom. The number of methoxy groups -OCH3 is 1. The highest BCUT2D eigenvalue weighted by atomic mass is 35.5. The summed E-state index contributed by atoms with van der Waals surface area (Å²) in [5.74, 6) is 0.216. The van der Waals surface area contributed by atoms with E-state index in [2.05, 4.69) is 14.7 Å². The van der Waals surface area contributed by atoms with Crippen LogP contribution in [0.2, 0.25) is 5.02 Å². The zero-order valence-electron chi connectivity index (χ0n) is 7.61. The van der Waals surface area contributed by atoms with Gasteiger partial charge in [0.1, 0.15) is 0 Å². The van der Waals surface area contributed by atoms with Gasteiger partial charge in [0.05, 0.1) is 18.6 Å². The summed E-state index contributed by atoms with van der Waals surface area (Å²) in [5, 5.41) is 0.482. The molecule has 0 N–H and O–H groups in total. The number of esters is 1. The third-order valence-electron chi connectivity index (χ3n) is 1.42. The maximum absolute atomic E-state index is 10.7. The lowest BCUT2D eigenvalue weighted by Crippen LogP contribution is -1.96. The van der Waals surface area contributed by atoms with Gasteiger partial charge in [-0.1, -0.05) is 17.7 Å². The summed E-state index contributed by atoms with van der Waals surface area (Å²) in [6.07, 6.45) is 6.46. The highest BCUT2D eigenvalue weighted by Crippen LogP contribution is 2.03. The summed E-state index contributed by atoms with van der Waals surface area (Å²) >= 11 is 5.60. The Hall–Kier alpha value is -1.42. The molecule has 4 nitrogen and oxygen atoms in total. The molecule has 1 aromatic rings. The van der Waals surface area contributed by atoms with Crippen molar-refractivity contribution in [3.8, 4) is 0 Å². The minimum Gasteiger partial charge on any atom is -0.469 e. The fourth-order valence-electron chi connectivity index (χ4n) is 0.752. The molecule has 0 radical (unpaired) electrons. The predicted octanol–water partition coefficient (Wildman–Crippen LogP) is 1.71. The topological polar surface area (TPSA) is 52.1 Å². The van der Waals surface area contributed by atoms with Gasteiger partial charge in [0.25, 0.3) is 0 Å². The number of hydrogen-bond acceptors (Lipinski definition) is 4. The van der Waals surface area contributed by atoms with Gasteiger partial charge in [-0.2, -0.15) is 0 Å². The van der Waals surface area contributed by atoms with Gasteiger partial charge in [-0.3, -0.25) is 4.79 Å². The van der Waals surface area contributed by atoms with Crippen molar-refractivity contribution in [3.63, 3.8) is 0 Å². The quantitative estimate of drug-likeness (QED) is 0.716. The van der Waals surface area contributed by atoms with Crippen molar-refractivity contribution in [3.05, 3.63) is 29.3 Å². The number of halogens is 1. The van der Waals surface area contributed by atoms with Crippen molar-refractivity contribution < 1.29 is 9.53 Å². The van der Waals surface area contributed by atoms with Crippen LogP contribution >= 0.6 is 11.6 Å². The number of carbonyl (C=O) groups excluding carboxylic acids is 1. The highest BCUT2D eigenvalue weighted by molar-refractivity contribution is 6.30. The van der Waals surface area contributed by atoms with Gasteiger partial charge in [0.2, 0.25) is 0 Å². The lowest BCUT2D eigenvalue weighted by Gasteiger charge is -1.93. The largest absolute Gasteiger partial charge is 0.469 e. The van der Waals surface area contributed by atoms with E-state index in [1.54, 1.807) is 12.2 Å². The van der Waals surface area contributed by atoms with Crippen molar-refractivity contribution in [2.24, 2.45) is 0 Å². The Morgan fingerprint density at radius 3 is 2.79 bits per heavy atom. The van der Waals surface area contributed by atoms with Gasteiger partial charge in [-0.05, 0) is 6.08 Å². The molecule has 0 fully saturated rings. The molecular formula is C9H9ClN2O2. The maximum Gasteiger partial charge on any atom is 0.309 e. The van der Waals surface area contributed by atoms with E-state index in [1.165, 1.54) is 19.5 Å². The van der Waals surface area contributed by atoms with Gasteiger partial charge < -0.3 is 4.74 Å². The average Bonchev–Trinajstić information content (AvgIpc) is 2.21. The van der Waals surface area contributed by atoms with Crippen LogP contribution in [0.25, 0.3) is 6.08 Å². The molecule has 0 spiro atoms. The lowest BCUT2D eigenvalue weighted by molar-refractivity contribution is -0.139. The zero-order chi connectivity index (χ0) is 10.4. The summed E-state index contributed by atoms with van der Waals surface area (Å²) < 4.78 is 4.46. The first-order valence-electron chi connectivity index (χ1n) is 3.93. The Kier molecular flexibility index (Phi) is 4.07.